The molecule has 1 aliphatic rings. The molecule has 0 bridgehead atoms. The van der Waals surface area contributed by atoms with Crippen LogP contribution < -0.4 is 0 Å². The molecule has 0 aromatic rings. The molecule has 1 rings (SSSR count). The van der Waals surface area contributed by atoms with E-state index in [1.807, 2.05) is 11.8 Å². The Kier molecular flexibility index (Phi) is 3.46. The molecule has 1 saturated heterocycles. The zero-order valence-corrected chi connectivity index (χ0v) is 7.35. The van der Waals surface area contributed by atoms with Crippen LogP contribution in [0.5, 0.6) is 0 Å². The lowest BCUT2D eigenvalue weighted by molar-refractivity contribution is -0.109. The van der Waals surface area contributed by atoms with Crippen molar-refractivity contribution in [2.24, 2.45) is 0 Å². The van der Waals surface area contributed by atoms with Crippen LogP contribution in [0.4, 0.5) is 0 Å². The highest BCUT2D eigenvalue weighted by atomic mass is 16.4. The predicted octanol–water partition coefficient (Wildman–Crippen LogP) is -1.21. The summed E-state index contributed by atoms with van der Waals surface area (Å²) < 4.78 is 0. The van der Waals surface area contributed by atoms with Gasteiger partial charge in [0.2, 0.25) is 0 Å². The van der Waals surface area contributed by atoms with E-state index >= 15 is 0 Å². The van der Waals surface area contributed by atoms with Gasteiger partial charge in [-0.25, -0.2) is 0 Å². The molecule has 0 amide bonds. The highest BCUT2D eigenvalue weighted by Gasteiger charge is 2.32. The van der Waals surface area contributed by atoms with E-state index < -0.39 is 18.3 Å². The molecule has 1 fully saturated rings. The smallest absolute Gasteiger partial charge is 0.108 e. The summed E-state index contributed by atoms with van der Waals surface area (Å²) in [6, 6.07) is 0. The molecular formula is C8H17NO3. The number of likely N-dealkylation sites (tertiary alicyclic amines) is 1. The Morgan fingerprint density at radius 1 is 1.17 bits per heavy atom. The summed E-state index contributed by atoms with van der Waals surface area (Å²) in [7, 11) is 0. The summed E-state index contributed by atoms with van der Waals surface area (Å²) in [5.74, 6) is 0. The summed E-state index contributed by atoms with van der Waals surface area (Å²) >= 11 is 0. The number of aliphatic hydroxyl groups is 3. The fourth-order valence-corrected chi connectivity index (χ4v) is 1.57. The second-order valence-electron chi connectivity index (χ2n) is 3.38. The Labute approximate surface area is 72.4 Å². The average molecular weight is 175 g/mol. The third kappa shape index (κ3) is 2.17. The molecule has 0 saturated carbocycles. The highest BCUT2D eigenvalue weighted by Crippen LogP contribution is 2.11. The van der Waals surface area contributed by atoms with Crippen LogP contribution in [-0.4, -0.2) is 58.2 Å². The summed E-state index contributed by atoms with van der Waals surface area (Å²) in [6.45, 7) is 3.84. The zero-order valence-electron chi connectivity index (χ0n) is 7.35. The molecule has 3 N–H and O–H groups in total. The third-order valence-corrected chi connectivity index (χ3v) is 2.22. The maximum Gasteiger partial charge on any atom is 0.108 e. The minimum atomic E-state index is -0.974. The van der Waals surface area contributed by atoms with Crippen molar-refractivity contribution in [3.05, 3.63) is 0 Å². The molecule has 0 spiro atoms. The van der Waals surface area contributed by atoms with Crippen LogP contribution in [0.15, 0.2) is 0 Å². The molecule has 72 valence electrons. The molecule has 0 aromatic carbocycles. The van der Waals surface area contributed by atoms with Gasteiger partial charge in [-0.1, -0.05) is 6.92 Å². The zero-order chi connectivity index (χ0) is 9.14. The van der Waals surface area contributed by atoms with E-state index in [4.69, 9.17) is 0 Å². The quantitative estimate of drug-likeness (QED) is 0.493. The molecule has 4 heteroatoms. The molecule has 0 aromatic heterocycles. The molecule has 1 aliphatic heterocycles. The van der Waals surface area contributed by atoms with E-state index in [0.717, 1.165) is 13.0 Å². The van der Waals surface area contributed by atoms with E-state index in [1.54, 1.807) is 0 Å². The fraction of sp³-hybridized carbons (Fsp3) is 1.00. The van der Waals surface area contributed by atoms with E-state index in [1.165, 1.54) is 0 Å². The van der Waals surface area contributed by atoms with Crippen molar-refractivity contribution in [1.82, 2.24) is 4.90 Å². The molecule has 4 nitrogen and oxygen atoms in total. The fourth-order valence-electron chi connectivity index (χ4n) is 1.57. The lowest BCUT2D eigenvalue weighted by atomic mass is 10.0. The summed E-state index contributed by atoms with van der Waals surface area (Å²) in [5.41, 5.74) is 0. The van der Waals surface area contributed by atoms with Crippen molar-refractivity contribution in [2.45, 2.75) is 31.7 Å². The van der Waals surface area contributed by atoms with Gasteiger partial charge in [-0.15, -0.1) is 0 Å². The van der Waals surface area contributed by atoms with Crippen LogP contribution >= 0.6 is 0 Å². The minimum absolute atomic E-state index is 0.464. The van der Waals surface area contributed by atoms with Crippen molar-refractivity contribution < 1.29 is 15.3 Å². The number of piperidine rings is 1. The topological polar surface area (TPSA) is 63.9 Å². The van der Waals surface area contributed by atoms with E-state index in [-0.39, 0.29) is 0 Å². The maximum atomic E-state index is 9.29. The van der Waals surface area contributed by atoms with Crippen LogP contribution in [-0.2, 0) is 0 Å². The molecule has 0 radical (unpaired) electrons. The molecule has 1 heterocycles. The average Bonchev–Trinajstić information content (AvgIpc) is 2.01. The van der Waals surface area contributed by atoms with E-state index in [9.17, 15) is 15.3 Å². The Hall–Kier alpha value is -0.160. The van der Waals surface area contributed by atoms with Crippen LogP contribution in [0.1, 0.15) is 13.3 Å². The number of hydrogen-bond acceptors (Lipinski definition) is 4. The predicted molar refractivity (Wildman–Crippen MR) is 44.8 cm³/mol. The molecule has 2 atom stereocenters. The maximum absolute atomic E-state index is 9.29. The Morgan fingerprint density at radius 2 is 1.67 bits per heavy atom. The van der Waals surface area contributed by atoms with Gasteiger partial charge < -0.3 is 15.3 Å². The van der Waals surface area contributed by atoms with E-state index in [0.29, 0.717) is 13.1 Å². The first kappa shape index (κ1) is 9.92. The van der Waals surface area contributed by atoms with Crippen LogP contribution in [0, 0.1) is 0 Å². The van der Waals surface area contributed by atoms with Gasteiger partial charge in [-0.3, -0.25) is 4.90 Å². The second kappa shape index (κ2) is 4.18. The van der Waals surface area contributed by atoms with Gasteiger partial charge in [0.15, 0.2) is 0 Å². The van der Waals surface area contributed by atoms with Crippen molar-refractivity contribution in [3.63, 3.8) is 0 Å². The number of rotatable bonds is 2. The molecule has 0 aliphatic carbocycles. The number of hydrogen-bond donors (Lipinski definition) is 3. The Balaban J connectivity index is 2.42. The largest absolute Gasteiger partial charge is 0.389 e. The van der Waals surface area contributed by atoms with Crippen LogP contribution in [0.3, 0.4) is 0 Å². The van der Waals surface area contributed by atoms with Crippen molar-refractivity contribution in [2.75, 3.05) is 19.6 Å². The van der Waals surface area contributed by atoms with Gasteiger partial charge in [-0.05, 0) is 13.0 Å². The molecule has 12 heavy (non-hydrogen) atoms. The second-order valence-corrected chi connectivity index (χ2v) is 3.38. The Bertz CT molecular complexity index is 130. The molecular weight excluding hydrogens is 158 g/mol. The van der Waals surface area contributed by atoms with Crippen LogP contribution in [0.2, 0.25) is 0 Å². The lowest BCUT2D eigenvalue weighted by Crippen LogP contribution is -2.55. The van der Waals surface area contributed by atoms with Gasteiger partial charge in [0.05, 0.1) is 12.2 Å². The van der Waals surface area contributed by atoms with Gasteiger partial charge in [0.25, 0.3) is 0 Å². The van der Waals surface area contributed by atoms with Gasteiger partial charge in [0, 0.05) is 13.1 Å². The normalized spacial score (nSPS) is 38.5. The third-order valence-electron chi connectivity index (χ3n) is 2.22. The first-order chi connectivity index (χ1) is 5.65. The number of nitrogens with zero attached hydrogens (tertiary/aromatic N) is 1. The van der Waals surface area contributed by atoms with Crippen molar-refractivity contribution in [1.29, 1.82) is 0 Å². The standard InChI is InChI=1S/C8H17NO3/c1-2-3-9-4-6(10)8(12)7(11)5-9/h6-8,10-12H,2-5H2,1H3. The monoisotopic (exact) mass is 175 g/mol. The van der Waals surface area contributed by atoms with Crippen LogP contribution in [0.25, 0.3) is 0 Å². The summed E-state index contributed by atoms with van der Waals surface area (Å²) in [6.07, 6.45) is -1.59. The highest BCUT2D eigenvalue weighted by molar-refractivity contribution is 4.85. The van der Waals surface area contributed by atoms with Crippen molar-refractivity contribution >= 4 is 0 Å². The summed E-state index contributed by atoms with van der Waals surface area (Å²) in [5, 5.41) is 27.8. The van der Waals surface area contributed by atoms with Crippen molar-refractivity contribution in [3.8, 4) is 0 Å². The number of aliphatic hydroxyl groups excluding tert-OH is 3. The van der Waals surface area contributed by atoms with E-state index in [2.05, 4.69) is 0 Å². The van der Waals surface area contributed by atoms with Gasteiger partial charge in [-0.2, -0.15) is 0 Å². The summed E-state index contributed by atoms with van der Waals surface area (Å²) in [4.78, 5) is 1.96. The van der Waals surface area contributed by atoms with Gasteiger partial charge >= 0.3 is 0 Å². The SMILES string of the molecule is CCCN1CC(O)C(O)C(O)C1. The van der Waals surface area contributed by atoms with Gasteiger partial charge in [0.1, 0.15) is 6.10 Å². The molecule has 2 unspecified atom stereocenters. The minimum Gasteiger partial charge on any atom is -0.389 e. The first-order valence-corrected chi connectivity index (χ1v) is 4.41. The first-order valence-electron chi connectivity index (χ1n) is 4.41. The lowest BCUT2D eigenvalue weighted by Gasteiger charge is -2.36. The Morgan fingerprint density at radius 3 is 2.08 bits per heavy atom. The number of β-amino-alcohol motifs (C(OH)–C–C–N with tert-alkyl or cyclic N) is 2.